The number of hydrogen-bond acceptors (Lipinski definition) is 4. The summed E-state index contributed by atoms with van der Waals surface area (Å²) in [6, 6.07) is 7.41. The SMILES string of the molecule is COC(=O)c1ccccc1NCC1CCCOC1. The van der Waals surface area contributed by atoms with E-state index in [-0.39, 0.29) is 5.97 Å². The first-order valence-corrected chi connectivity index (χ1v) is 6.30. The molecule has 0 spiro atoms. The molecule has 98 valence electrons. The molecule has 1 unspecified atom stereocenters. The monoisotopic (exact) mass is 249 g/mol. The fourth-order valence-electron chi connectivity index (χ4n) is 2.15. The van der Waals surface area contributed by atoms with Gasteiger partial charge in [0.25, 0.3) is 0 Å². The summed E-state index contributed by atoms with van der Waals surface area (Å²) in [5.41, 5.74) is 1.41. The summed E-state index contributed by atoms with van der Waals surface area (Å²) in [5.74, 6) is 0.211. The molecular formula is C14H19NO3. The van der Waals surface area contributed by atoms with Crippen molar-refractivity contribution in [1.82, 2.24) is 0 Å². The molecule has 0 saturated carbocycles. The second-order valence-electron chi connectivity index (χ2n) is 4.50. The quantitative estimate of drug-likeness (QED) is 0.832. The number of carbonyl (C=O) groups is 1. The Hall–Kier alpha value is -1.55. The summed E-state index contributed by atoms with van der Waals surface area (Å²) in [4.78, 5) is 11.6. The number of ether oxygens (including phenoxy) is 2. The van der Waals surface area contributed by atoms with Gasteiger partial charge in [-0.15, -0.1) is 0 Å². The third-order valence-electron chi connectivity index (χ3n) is 3.17. The lowest BCUT2D eigenvalue weighted by Gasteiger charge is -2.23. The fourth-order valence-corrected chi connectivity index (χ4v) is 2.15. The van der Waals surface area contributed by atoms with Crippen LogP contribution in [0, 0.1) is 5.92 Å². The van der Waals surface area contributed by atoms with E-state index in [2.05, 4.69) is 5.32 Å². The predicted octanol–water partition coefficient (Wildman–Crippen LogP) is 2.31. The summed E-state index contributed by atoms with van der Waals surface area (Å²) in [5, 5.41) is 3.32. The zero-order valence-electron chi connectivity index (χ0n) is 10.6. The van der Waals surface area contributed by atoms with Crippen molar-refractivity contribution in [2.75, 3.05) is 32.2 Å². The van der Waals surface area contributed by atoms with Crippen LogP contribution in [0.2, 0.25) is 0 Å². The number of nitrogens with one attached hydrogen (secondary N) is 1. The van der Waals surface area contributed by atoms with E-state index < -0.39 is 0 Å². The standard InChI is InChI=1S/C14H19NO3/c1-17-14(16)12-6-2-3-7-13(12)15-9-11-5-4-8-18-10-11/h2-3,6-7,11,15H,4-5,8-10H2,1H3. The number of rotatable bonds is 4. The Bertz CT molecular complexity index is 400. The van der Waals surface area contributed by atoms with E-state index in [4.69, 9.17) is 9.47 Å². The molecule has 18 heavy (non-hydrogen) atoms. The van der Waals surface area contributed by atoms with Crippen LogP contribution >= 0.6 is 0 Å². The molecule has 2 rings (SSSR count). The summed E-state index contributed by atoms with van der Waals surface area (Å²) >= 11 is 0. The largest absolute Gasteiger partial charge is 0.465 e. The van der Waals surface area contributed by atoms with Crippen LogP contribution < -0.4 is 5.32 Å². The molecule has 0 radical (unpaired) electrons. The van der Waals surface area contributed by atoms with Crippen LogP contribution in [-0.2, 0) is 9.47 Å². The molecule has 0 bridgehead atoms. The van der Waals surface area contributed by atoms with Crippen molar-refractivity contribution in [2.45, 2.75) is 12.8 Å². The van der Waals surface area contributed by atoms with Gasteiger partial charge >= 0.3 is 5.97 Å². The van der Waals surface area contributed by atoms with E-state index in [1.54, 1.807) is 6.07 Å². The lowest BCUT2D eigenvalue weighted by atomic mass is 10.0. The van der Waals surface area contributed by atoms with Crippen molar-refractivity contribution in [3.05, 3.63) is 29.8 Å². The number of carbonyl (C=O) groups excluding carboxylic acids is 1. The molecule has 0 aromatic heterocycles. The molecule has 1 aromatic carbocycles. The molecule has 1 atom stereocenters. The number of methoxy groups -OCH3 is 1. The van der Waals surface area contributed by atoms with Gasteiger partial charge in [-0.25, -0.2) is 4.79 Å². The van der Waals surface area contributed by atoms with Crippen LogP contribution in [0.1, 0.15) is 23.2 Å². The lowest BCUT2D eigenvalue weighted by Crippen LogP contribution is -2.24. The van der Waals surface area contributed by atoms with Crippen LogP contribution in [0.4, 0.5) is 5.69 Å². The summed E-state index contributed by atoms with van der Waals surface area (Å²) in [6.07, 6.45) is 2.29. The van der Waals surface area contributed by atoms with Crippen molar-refractivity contribution in [3.63, 3.8) is 0 Å². The van der Waals surface area contributed by atoms with Gasteiger partial charge in [0.05, 0.1) is 19.3 Å². The first-order valence-electron chi connectivity index (χ1n) is 6.30. The molecule has 4 heteroatoms. The molecule has 0 aliphatic carbocycles. The Balaban J connectivity index is 1.97. The summed E-state index contributed by atoms with van der Waals surface area (Å²) in [7, 11) is 1.40. The van der Waals surface area contributed by atoms with Gasteiger partial charge in [0.2, 0.25) is 0 Å². The highest BCUT2D eigenvalue weighted by Gasteiger charge is 2.15. The number of para-hydroxylation sites is 1. The summed E-state index contributed by atoms with van der Waals surface area (Å²) in [6.45, 7) is 2.50. The van der Waals surface area contributed by atoms with E-state index in [9.17, 15) is 4.79 Å². The average molecular weight is 249 g/mol. The van der Waals surface area contributed by atoms with Crippen LogP contribution in [0.3, 0.4) is 0 Å². The Morgan fingerprint density at radius 1 is 1.50 bits per heavy atom. The third-order valence-corrected chi connectivity index (χ3v) is 3.17. The lowest BCUT2D eigenvalue weighted by molar-refractivity contribution is 0.0592. The highest BCUT2D eigenvalue weighted by Crippen LogP contribution is 2.19. The highest BCUT2D eigenvalue weighted by molar-refractivity contribution is 5.95. The highest BCUT2D eigenvalue weighted by atomic mass is 16.5. The Labute approximate surface area is 107 Å². The van der Waals surface area contributed by atoms with Crippen molar-refractivity contribution in [2.24, 2.45) is 5.92 Å². The van der Waals surface area contributed by atoms with E-state index in [1.807, 2.05) is 18.2 Å². The molecule has 1 aliphatic rings. The Morgan fingerprint density at radius 3 is 3.06 bits per heavy atom. The topological polar surface area (TPSA) is 47.6 Å². The van der Waals surface area contributed by atoms with Crippen molar-refractivity contribution in [1.29, 1.82) is 0 Å². The maximum absolute atomic E-state index is 11.6. The Morgan fingerprint density at radius 2 is 2.33 bits per heavy atom. The third kappa shape index (κ3) is 3.23. The minimum atomic E-state index is -0.307. The van der Waals surface area contributed by atoms with E-state index in [0.717, 1.165) is 31.9 Å². The van der Waals surface area contributed by atoms with Crippen molar-refractivity contribution in [3.8, 4) is 0 Å². The molecule has 1 fully saturated rings. The molecule has 1 aromatic rings. The summed E-state index contributed by atoms with van der Waals surface area (Å²) < 4.78 is 10.2. The van der Waals surface area contributed by atoms with Crippen LogP contribution in [0.15, 0.2) is 24.3 Å². The minimum Gasteiger partial charge on any atom is -0.465 e. The normalized spacial score (nSPS) is 19.3. The second-order valence-corrected chi connectivity index (χ2v) is 4.50. The smallest absolute Gasteiger partial charge is 0.339 e. The zero-order valence-corrected chi connectivity index (χ0v) is 10.6. The number of hydrogen-bond donors (Lipinski definition) is 1. The van der Waals surface area contributed by atoms with E-state index in [1.165, 1.54) is 13.5 Å². The Kier molecular flexibility index (Phi) is 4.59. The molecule has 1 heterocycles. The van der Waals surface area contributed by atoms with Crippen molar-refractivity contribution >= 4 is 11.7 Å². The minimum absolute atomic E-state index is 0.307. The fraction of sp³-hybridized carbons (Fsp3) is 0.500. The van der Waals surface area contributed by atoms with E-state index in [0.29, 0.717) is 11.5 Å². The molecule has 1 N–H and O–H groups in total. The van der Waals surface area contributed by atoms with Crippen molar-refractivity contribution < 1.29 is 14.3 Å². The molecule has 1 saturated heterocycles. The second kappa shape index (κ2) is 6.40. The van der Waals surface area contributed by atoms with Gasteiger partial charge in [-0.2, -0.15) is 0 Å². The van der Waals surface area contributed by atoms with Gasteiger partial charge in [0.1, 0.15) is 0 Å². The van der Waals surface area contributed by atoms with Gasteiger partial charge in [-0.3, -0.25) is 0 Å². The average Bonchev–Trinajstić information content (AvgIpc) is 2.45. The maximum atomic E-state index is 11.6. The molecule has 4 nitrogen and oxygen atoms in total. The van der Waals surface area contributed by atoms with Gasteiger partial charge in [0.15, 0.2) is 0 Å². The molecule has 0 amide bonds. The van der Waals surface area contributed by atoms with Gasteiger partial charge in [0, 0.05) is 18.8 Å². The van der Waals surface area contributed by atoms with Gasteiger partial charge in [-0.1, -0.05) is 12.1 Å². The number of esters is 1. The number of anilines is 1. The predicted molar refractivity (Wildman–Crippen MR) is 69.8 cm³/mol. The van der Waals surface area contributed by atoms with Gasteiger partial charge < -0.3 is 14.8 Å². The van der Waals surface area contributed by atoms with E-state index >= 15 is 0 Å². The maximum Gasteiger partial charge on any atom is 0.339 e. The first kappa shape index (κ1) is 12.9. The molecule has 1 aliphatic heterocycles. The van der Waals surface area contributed by atoms with Crippen LogP contribution in [0.5, 0.6) is 0 Å². The zero-order chi connectivity index (χ0) is 12.8. The molecular weight excluding hydrogens is 230 g/mol. The number of benzene rings is 1. The van der Waals surface area contributed by atoms with Gasteiger partial charge in [-0.05, 0) is 30.9 Å². The first-order chi connectivity index (χ1) is 8.81. The van der Waals surface area contributed by atoms with Crippen LogP contribution in [0.25, 0.3) is 0 Å². The van der Waals surface area contributed by atoms with Crippen LogP contribution in [-0.4, -0.2) is 32.8 Å².